The van der Waals surface area contributed by atoms with Gasteiger partial charge in [-0.25, -0.2) is 0 Å². The van der Waals surface area contributed by atoms with E-state index in [4.69, 9.17) is 27.9 Å². The molecule has 0 N–H and O–H groups in total. The van der Waals surface area contributed by atoms with E-state index in [9.17, 15) is 0 Å². The Bertz CT molecular complexity index is 525. The van der Waals surface area contributed by atoms with Gasteiger partial charge in [0.1, 0.15) is 5.75 Å². The van der Waals surface area contributed by atoms with Gasteiger partial charge >= 0.3 is 0 Å². The Hall–Kier alpha value is -1.19. The Morgan fingerprint density at radius 3 is 2.89 bits per heavy atom. The molecule has 0 aliphatic rings. The highest BCUT2D eigenvalue weighted by Crippen LogP contribution is 2.30. The molecule has 0 radical (unpaired) electrons. The third-order valence-electron chi connectivity index (χ3n) is 2.44. The Kier molecular flexibility index (Phi) is 4.50. The third-order valence-corrected chi connectivity index (χ3v) is 3.04. The number of benzene rings is 1. The highest BCUT2D eigenvalue weighted by atomic mass is 35.5. The van der Waals surface area contributed by atoms with Crippen LogP contribution in [0.25, 0.3) is 0 Å². The second kappa shape index (κ2) is 6.12. The lowest BCUT2D eigenvalue weighted by Gasteiger charge is -2.06. The second-order valence-electron chi connectivity index (χ2n) is 3.94. The Morgan fingerprint density at radius 1 is 1.39 bits per heavy atom. The summed E-state index contributed by atoms with van der Waals surface area (Å²) in [7, 11) is 0. The van der Waals surface area contributed by atoms with Crippen molar-refractivity contribution < 1.29 is 4.74 Å². The minimum Gasteiger partial charge on any atom is -0.452 e. The summed E-state index contributed by atoms with van der Waals surface area (Å²) in [5.74, 6) is 1.74. The summed E-state index contributed by atoms with van der Waals surface area (Å²) in [4.78, 5) is 0. The highest BCUT2D eigenvalue weighted by Gasteiger charge is 2.06. The first kappa shape index (κ1) is 13.2. The van der Waals surface area contributed by atoms with E-state index in [0.717, 1.165) is 18.5 Å². The number of ether oxygens (including phenoxy) is 1. The van der Waals surface area contributed by atoms with Crippen molar-refractivity contribution in [2.75, 3.05) is 0 Å². The molecule has 0 aliphatic carbocycles. The molecule has 0 saturated carbocycles. The largest absolute Gasteiger partial charge is 0.452 e. The monoisotopic (exact) mass is 284 g/mol. The molecular formula is C13H14Cl2N2O. The van der Waals surface area contributed by atoms with Crippen molar-refractivity contribution >= 4 is 23.2 Å². The van der Waals surface area contributed by atoms with E-state index in [2.05, 4.69) is 12.0 Å². The van der Waals surface area contributed by atoms with Crippen molar-refractivity contribution in [1.82, 2.24) is 9.78 Å². The summed E-state index contributed by atoms with van der Waals surface area (Å²) in [6, 6.07) is 5.52. The Labute approximate surface area is 116 Å². The van der Waals surface area contributed by atoms with Gasteiger partial charge in [-0.15, -0.1) is 11.6 Å². The van der Waals surface area contributed by atoms with E-state index in [1.54, 1.807) is 12.3 Å². The third kappa shape index (κ3) is 3.18. The molecule has 5 heteroatoms. The standard InChI is InChI=1S/C13H14Cl2N2O/c1-2-5-17-9-11(8-16-17)18-13-4-3-10(7-14)6-12(13)15/h3-4,6,8-9H,2,5,7H2,1H3. The smallest absolute Gasteiger partial charge is 0.165 e. The van der Waals surface area contributed by atoms with Crippen molar-refractivity contribution in [2.45, 2.75) is 25.8 Å². The lowest BCUT2D eigenvalue weighted by atomic mass is 10.2. The SMILES string of the molecule is CCCn1cc(Oc2ccc(CCl)cc2Cl)cn1. The van der Waals surface area contributed by atoms with Crippen molar-refractivity contribution in [2.24, 2.45) is 0 Å². The maximum atomic E-state index is 6.12. The van der Waals surface area contributed by atoms with Crippen LogP contribution in [0, 0.1) is 0 Å². The number of alkyl halides is 1. The molecule has 0 bridgehead atoms. The molecule has 0 saturated heterocycles. The molecule has 2 aromatic rings. The fourth-order valence-electron chi connectivity index (χ4n) is 1.59. The predicted molar refractivity (Wildman–Crippen MR) is 73.6 cm³/mol. The normalized spacial score (nSPS) is 10.6. The molecule has 0 fully saturated rings. The van der Waals surface area contributed by atoms with Crippen LogP contribution < -0.4 is 4.74 Å². The van der Waals surface area contributed by atoms with Crippen molar-refractivity contribution in [3.05, 3.63) is 41.2 Å². The molecule has 1 aromatic heterocycles. The van der Waals surface area contributed by atoms with Crippen molar-refractivity contribution in [3.63, 3.8) is 0 Å². The van der Waals surface area contributed by atoms with E-state index in [-0.39, 0.29) is 0 Å². The average Bonchev–Trinajstić information content (AvgIpc) is 2.80. The molecule has 0 unspecified atom stereocenters. The van der Waals surface area contributed by atoms with Crippen LogP contribution >= 0.6 is 23.2 Å². The van der Waals surface area contributed by atoms with Gasteiger partial charge in [0.15, 0.2) is 5.75 Å². The number of aryl methyl sites for hydroxylation is 1. The summed E-state index contributed by atoms with van der Waals surface area (Å²) < 4.78 is 7.52. The molecule has 0 atom stereocenters. The van der Waals surface area contributed by atoms with Crippen LogP contribution in [0.4, 0.5) is 0 Å². The van der Waals surface area contributed by atoms with Gasteiger partial charge in [-0.05, 0) is 24.1 Å². The second-order valence-corrected chi connectivity index (χ2v) is 4.61. The number of rotatable bonds is 5. The average molecular weight is 285 g/mol. The van der Waals surface area contributed by atoms with E-state index in [1.165, 1.54) is 0 Å². The minimum absolute atomic E-state index is 0.439. The van der Waals surface area contributed by atoms with Crippen molar-refractivity contribution in [1.29, 1.82) is 0 Å². The number of nitrogens with zero attached hydrogens (tertiary/aromatic N) is 2. The van der Waals surface area contributed by atoms with Gasteiger partial charge in [-0.3, -0.25) is 4.68 Å². The first-order chi connectivity index (χ1) is 8.72. The summed E-state index contributed by atoms with van der Waals surface area (Å²) in [5, 5.41) is 4.75. The molecule has 2 rings (SSSR count). The zero-order valence-electron chi connectivity index (χ0n) is 10.1. The van der Waals surface area contributed by atoms with E-state index < -0.39 is 0 Å². The van der Waals surface area contributed by atoms with E-state index >= 15 is 0 Å². The summed E-state index contributed by atoms with van der Waals surface area (Å²) in [6.45, 7) is 2.98. The summed E-state index contributed by atoms with van der Waals surface area (Å²) >= 11 is 11.9. The summed E-state index contributed by atoms with van der Waals surface area (Å²) in [6.07, 6.45) is 4.57. The van der Waals surface area contributed by atoms with Crippen LogP contribution in [0.3, 0.4) is 0 Å². The Balaban J connectivity index is 2.12. The zero-order chi connectivity index (χ0) is 13.0. The van der Waals surface area contributed by atoms with E-state index in [1.807, 2.05) is 23.0 Å². The number of hydrogen-bond donors (Lipinski definition) is 0. The first-order valence-corrected chi connectivity index (χ1v) is 6.69. The zero-order valence-corrected chi connectivity index (χ0v) is 11.6. The molecule has 1 heterocycles. The van der Waals surface area contributed by atoms with Gasteiger partial charge in [0.2, 0.25) is 0 Å². The summed E-state index contributed by atoms with van der Waals surface area (Å²) in [5.41, 5.74) is 0.968. The Morgan fingerprint density at radius 2 is 2.22 bits per heavy atom. The number of halogens is 2. The van der Waals surface area contributed by atoms with Gasteiger partial charge in [-0.2, -0.15) is 5.10 Å². The molecule has 0 spiro atoms. The molecular weight excluding hydrogens is 271 g/mol. The quantitative estimate of drug-likeness (QED) is 0.757. The molecule has 1 aromatic carbocycles. The van der Waals surface area contributed by atoms with Crippen LogP contribution in [0.1, 0.15) is 18.9 Å². The first-order valence-electron chi connectivity index (χ1n) is 5.77. The molecule has 3 nitrogen and oxygen atoms in total. The minimum atomic E-state index is 0.439. The van der Waals surface area contributed by atoms with Gasteiger partial charge in [0, 0.05) is 12.4 Å². The highest BCUT2D eigenvalue weighted by molar-refractivity contribution is 6.32. The topological polar surface area (TPSA) is 27.1 Å². The van der Waals surface area contributed by atoms with E-state index in [0.29, 0.717) is 22.4 Å². The fraction of sp³-hybridized carbons (Fsp3) is 0.308. The van der Waals surface area contributed by atoms with Crippen LogP contribution in [-0.4, -0.2) is 9.78 Å². The van der Waals surface area contributed by atoms with Crippen LogP contribution in [0.5, 0.6) is 11.5 Å². The molecule has 0 aliphatic heterocycles. The van der Waals surface area contributed by atoms with Crippen LogP contribution in [-0.2, 0) is 12.4 Å². The lowest BCUT2D eigenvalue weighted by molar-refractivity contribution is 0.480. The van der Waals surface area contributed by atoms with Gasteiger partial charge in [-0.1, -0.05) is 24.6 Å². The lowest BCUT2D eigenvalue weighted by Crippen LogP contribution is -1.95. The fourth-order valence-corrected chi connectivity index (χ4v) is 1.99. The van der Waals surface area contributed by atoms with Gasteiger partial charge in [0.05, 0.1) is 17.4 Å². The maximum Gasteiger partial charge on any atom is 0.165 e. The number of hydrogen-bond acceptors (Lipinski definition) is 2. The molecule has 96 valence electrons. The van der Waals surface area contributed by atoms with Crippen LogP contribution in [0.2, 0.25) is 5.02 Å². The molecule has 18 heavy (non-hydrogen) atoms. The van der Waals surface area contributed by atoms with Gasteiger partial charge < -0.3 is 4.74 Å². The van der Waals surface area contributed by atoms with Gasteiger partial charge in [0.25, 0.3) is 0 Å². The maximum absolute atomic E-state index is 6.12. The predicted octanol–water partition coefficient (Wildman–Crippen LogP) is 4.48. The number of aromatic nitrogens is 2. The molecule has 0 amide bonds. The van der Waals surface area contributed by atoms with Crippen LogP contribution in [0.15, 0.2) is 30.6 Å². The van der Waals surface area contributed by atoms with Crippen molar-refractivity contribution in [3.8, 4) is 11.5 Å².